The highest BCUT2D eigenvalue weighted by atomic mass is 16.2. The van der Waals surface area contributed by atoms with E-state index in [9.17, 15) is 4.79 Å². The van der Waals surface area contributed by atoms with Crippen molar-refractivity contribution in [2.75, 3.05) is 13.6 Å². The van der Waals surface area contributed by atoms with Crippen LogP contribution >= 0.6 is 0 Å². The first-order valence-electron chi connectivity index (χ1n) is 3.04. The summed E-state index contributed by atoms with van der Waals surface area (Å²) < 4.78 is 0. The summed E-state index contributed by atoms with van der Waals surface area (Å²) in [5.74, 6) is 0. The third-order valence-corrected chi connectivity index (χ3v) is 1.42. The van der Waals surface area contributed by atoms with Crippen LogP contribution in [0.15, 0.2) is 0 Å². The smallest absolute Gasteiger partial charge is 0.317 e. The summed E-state index contributed by atoms with van der Waals surface area (Å²) in [6, 6.07) is 0.0278. The van der Waals surface area contributed by atoms with Crippen LogP contribution in [0.4, 0.5) is 4.79 Å². The Kier molecular flexibility index (Phi) is 1.15. The minimum absolute atomic E-state index is 0. The molecule has 54 valence electrons. The molecule has 0 spiro atoms. The van der Waals surface area contributed by atoms with Crippen molar-refractivity contribution >= 4 is 6.03 Å². The number of likely N-dealkylation sites (N-methyl/N-ethyl adjacent to an activating group) is 1. The fourth-order valence-electron chi connectivity index (χ4n) is 1.09. The molecule has 1 N–H and O–H groups in total. The van der Waals surface area contributed by atoms with Gasteiger partial charge in [-0.15, -0.1) is 0 Å². The molecule has 0 unspecified atom stereocenters. The van der Waals surface area contributed by atoms with Gasteiger partial charge in [0.15, 0.2) is 0 Å². The topological polar surface area (TPSA) is 32.3 Å². The molecule has 2 amide bonds. The summed E-state index contributed by atoms with van der Waals surface area (Å²) >= 11 is 0. The van der Waals surface area contributed by atoms with Gasteiger partial charge in [0.05, 0.1) is 5.54 Å². The molecule has 0 aliphatic carbocycles. The van der Waals surface area contributed by atoms with Crippen molar-refractivity contribution in [3.63, 3.8) is 0 Å². The van der Waals surface area contributed by atoms with Crippen molar-refractivity contribution in [3.05, 3.63) is 0 Å². The summed E-state index contributed by atoms with van der Waals surface area (Å²) in [5.41, 5.74) is -0.0359. The zero-order valence-corrected chi connectivity index (χ0v) is 6.06. The van der Waals surface area contributed by atoms with E-state index < -0.39 is 0 Å². The van der Waals surface area contributed by atoms with Crippen LogP contribution < -0.4 is 5.32 Å². The van der Waals surface area contributed by atoms with Crippen LogP contribution in [-0.2, 0) is 0 Å². The first-order chi connectivity index (χ1) is 4.01. The van der Waals surface area contributed by atoms with Gasteiger partial charge < -0.3 is 10.2 Å². The standard InChI is InChI=1S/C6H12N2O.H2/c1-6(2)4-8(3)5(9)7-6;/h4H2,1-3H3,(H,7,9);1H. The lowest BCUT2D eigenvalue weighted by Crippen LogP contribution is -2.36. The fraction of sp³-hybridized carbons (Fsp3) is 0.833. The summed E-state index contributed by atoms with van der Waals surface area (Å²) in [4.78, 5) is 12.5. The van der Waals surface area contributed by atoms with Crippen LogP contribution in [0.1, 0.15) is 15.3 Å². The molecule has 1 fully saturated rings. The Labute approximate surface area is 56.5 Å². The number of rotatable bonds is 0. The van der Waals surface area contributed by atoms with Gasteiger partial charge in [0.1, 0.15) is 0 Å². The molecule has 0 aromatic heterocycles. The first kappa shape index (κ1) is 6.39. The van der Waals surface area contributed by atoms with Gasteiger partial charge in [-0.3, -0.25) is 0 Å². The highest BCUT2D eigenvalue weighted by Gasteiger charge is 2.31. The molecular weight excluding hydrogens is 116 g/mol. The second-order valence-electron chi connectivity index (χ2n) is 3.17. The SMILES string of the molecule is CN1CC(C)(C)NC1=O.[HH]. The van der Waals surface area contributed by atoms with Crippen molar-refractivity contribution in [1.82, 2.24) is 10.2 Å². The monoisotopic (exact) mass is 130 g/mol. The number of nitrogens with one attached hydrogen (secondary N) is 1. The molecule has 0 atom stereocenters. The minimum Gasteiger partial charge on any atom is -0.331 e. The van der Waals surface area contributed by atoms with Gasteiger partial charge in [-0.05, 0) is 13.8 Å². The van der Waals surface area contributed by atoms with Gasteiger partial charge in [-0.2, -0.15) is 0 Å². The third-order valence-electron chi connectivity index (χ3n) is 1.42. The number of hydrogen-bond donors (Lipinski definition) is 1. The molecule has 1 aliphatic heterocycles. The van der Waals surface area contributed by atoms with Crippen LogP contribution in [0, 0.1) is 0 Å². The molecule has 0 aromatic carbocycles. The van der Waals surface area contributed by atoms with E-state index in [1.807, 2.05) is 13.8 Å². The van der Waals surface area contributed by atoms with Crippen molar-refractivity contribution in [2.24, 2.45) is 0 Å². The maximum atomic E-state index is 10.8. The van der Waals surface area contributed by atoms with Gasteiger partial charge in [-0.1, -0.05) is 0 Å². The van der Waals surface area contributed by atoms with E-state index >= 15 is 0 Å². The third kappa shape index (κ3) is 1.15. The summed E-state index contributed by atoms with van der Waals surface area (Å²) in [7, 11) is 1.80. The van der Waals surface area contributed by atoms with Crippen LogP contribution in [0.25, 0.3) is 0 Å². The maximum Gasteiger partial charge on any atom is 0.317 e. The summed E-state index contributed by atoms with van der Waals surface area (Å²) in [5, 5.41) is 2.83. The van der Waals surface area contributed by atoms with Gasteiger partial charge in [0.25, 0.3) is 0 Å². The van der Waals surface area contributed by atoms with Gasteiger partial charge in [0, 0.05) is 15.0 Å². The molecule has 1 aliphatic rings. The second-order valence-corrected chi connectivity index (χ2v) is 3.17. The molecule has 3 heteroatoms. The van der Waals surface area contributed by atoms with Crippen molar-refractivity contribution in [3.8, 4) is 0 Å². The van der Waals surface area contributed by atoms with Crippen molar-refractivity contribution in [2.45, 2.75) is 19.4 Å². The Morgan fingerprint density at radius 1 is 1.78 bits per heavy atom. The predicted molar refractivity (Wildman–Crippen MR) is 37.4 cm³/mol. The zero-order valence-electron chi connectivity index (χ0n) is 6.06. The molecule has 0 aromatic rings. The Morgan fingerprint density at radius 2 is 2.33 bits per heavy atom. The lowest BCUT2D eigenvalue weighted by molar-refractivity contribution is 0.226. The number of hydrogen-bond acceptors (Lipinski definition) is 1. The molecule has 0 saturated carbocycles. The molecule has 3 nitrogen and oxygen atoms in total. The normalized spacial score (nSPS) is 24.3. The maximum absolute atomic E-state index is 10.8. The summed E-state index contributed by atoms with van der Waals surface area (Å²) in [6.45, 7) is 4.81. The lowest BCUT2D eigenvalue weighted by atomic mass is 10.1. The Morgan fingerprint density at radius 3 is 2.44 bits per heavy atom. The average Bonchev–Trinajstić information content (AvgIpc) is 1.79. The Bertz CT molecular complexity index is 147. The summed E-state index contributed by atoms with van der Waals surface area (Å²) in [6.07, 6.45) is 0. The Balaban J connectivity index is 0.000000810. The van der Waals surface area contributed by atoms with Gasteiger partial charge in [0.2, 0.25) is 0 Å². The quantitative estimate of drug-likeness (QED) is 0.513. The zero-order chi connectivity index (χ0) is 7.07. The largest absolute Gasteiger partial charge is 0.331 e. The molecule has 9 heavy (non-hydrogen) atoms. The fourth-order valence-corrected chi connectivity index (χ4v) is 1.09. The van der Waals surface area contributed by atoms with Crippen LogP contribution in [-0.4, -0.2) is 30.1 Å². The minimum atomic E-state index is -0.0359. The predicted octanol–water partition coefficient (Wildman–Crippen LogP) is 0.666. The molecule has 0 radical (unpaired) electrons. The second kappa shape index (κ2) is 1.62. The lowest BCUT2D eigenvalue weighted by Gasteiger charge is -2.14. The van der Waals surface area contributed by atoms with E-state index in [-0.39, 0.29) is 13.0 Å². The number of nitrogens with zero attached hydrogens (tertiary/aromatic N) is 1. The molecule has 0 bridgehead atoms. The number of amides is 2. The van der Waals surface area contributed by atoms with E-state index in [2.05, 4.69) is 5.32 Å². The van der Waals surface area contributed by atoms with E-state index in [1.54, 1.807) is 11.9 Å². The van der Waals surface area contributed by atoms with Gasteiger partial charge >= 0.3 is 6.03 Å². The van der Waals surface area contributed by atoms with E-state index in [0.29, 0.717) is 0 Å². The van der Waals surface area contributed by atoms with Gasteiger partial charge in [-0.25, -0.2) is 4.79 Å². The Hall–Kier alpha value is -0.730. The molecule has 1 rings (SSSR count). The highest BCUT2D eigenvalue weighted by Crippen LogP contribution is 2.11. The number of carbonyl (C=O) groups excluding carboxylic acids is 1. The number of carbonyl (C=O) groups is 1. The first-order valence-corrected chi connectivity index (χ1v) is 3.04. The van der Waals surface area contributed by atoms with E-state index in [0.717, 1.165) is 6.54 Å². The van der Waals surface area contributed by atoms with Crippen molar-refractivity contribution in [1.29, 1.82) is 0 Å². The molecule has 1 heterocycles. The van der Waals surface area contributed by atoms with E-state index in [4.69, 9.17) is 0 Å². The van der Waals surface area contributed by atoms with E-state index in [1.165, 1.54) is 0 Å². The van der Waals surface area contributed by atoms with Crippen molar-refractivity contribution < 1.29 is 6.22 Å². The van der Waals surface area contributed by atoms with Crippen LogP contribution in [0.3, 0.4) is 0 Å². The highest BCUT2D eigenvalue weighted by molar-refractivity contribution is 5.77. The molecule has 1 saturated heterocycles. The van der Waals surface area contributed by atoms with Crippen LogP contribution in [0.2, 0.25) is 0 Å². The van der Waals surface area contributed by atoms with Crippen LogP contribution in [0.5, 0.6) is 0 Å². The number of urea groups is 1. The molecular formula is C6H14N2O. The average molecular weight is 130 g/mol.